The maximum atomic E-state index is 4.59. The van der Waals surface area contributed by atoms with Crippen molar-refractivity contribution in [1.29, 1.82) is 0 Å². The Labute approximate surface area is 179 Å². The molecule has 1 N–H and O–H groups in total. The molecule has 1 aliphatic heterocycles. The van der Waals surface area contributed by atoms with Crippen LogP contribution in [0.25, 0.3) is 16.7 Å². The number of hydrogen-bond donors (Lipinski definition) is 1. The van der Waals surface area contributed by atoms with Gasteiger partial charge in [-0.1, -0.05) is 79.7 Å². The molecule has 150 valence electrons. The maximum absolute atomic E-state index is 4.59. The Kier molecular flexibility index (Phi) is 5.94. The van der Waals surface area contributed by atoms with E-state index in [0.29, 0.717) is 0 Å². The molecule has 2 heteroatoms. The zero-order valence-electron chi connectivity index (χ0n) is 17.8. The summed E-state index contributed by atoms with van der Waals surface area (Å²) >= 11 is 0. The van der Waals surface area contributed by atoms with E-state index < -0.39 is 0 Å². The molecule has 2 nitrogen and oxygen atoms in total. The number of aliphatic imine (C=N–C) groups is 1. The van der Waals surface area contributed by atoms with Crippen molar-refractivity contribution < 1.29 is 0 Å². The Balaban J connectivity index is 1.39. The molecule has 0 fully saturated rings. The van der Waals surface area contributed by atoms with Gasteiger partial charge in [-0.25, -0.2) is 4.99 Å². The molecule has 0 saturated carbocycles. The third kappa shape index (κ3) is 4.77. The van der Waals surface area contributed by atoms with Crippen LogP contribution in [0.5, 0.6) is 0 Å². The molecule has 0 saturated heterocycles. The molecule has 30 heavy (non-hydrogen) atoms. The van der Waals surface area contributed by atoms with Gasteiger partial charge in [0.25, 0.3) is 0 Å². The van der Waals surface area contributed by atoms with Crippen LogP contribution in [-0.2, 0) is 12.8 Å². The third-order valence-electron chi connectivity index (χ3n) is 5.41. The lowest BCUT2D eigenvalue weighted by atomic mass is 9.98. The molecule has 1 aliphatic rings. The molecule has 0 spiro atoms. The molecule has 0 radical (unpaired) electrons. The van der Waals surface area contributed by atoms with E-state index in [2.05, 4.69) is 104 Å². The van der Waals surface area contributed by atoms with Gasteiger partial charge in [-0.05, 0) is 65.3 Å². The van der Waals surface area contributed by atoms with Gasteiger partial charge in [-0.3, -0.25) is 0 Å². The monoisotopic (exact) mass is 392 g/mol. The summed E-state index contributed by atoms with van der Waals surface area (Å²) in [5.74, 6) is 0.996. The lowest BCUT2D eigenvalue weighted by Crippen LogP contribution is -2.09. The van der Waals surface area contributed by atoms with Crippen LogP contribution in [-0.4, -0.2) is 5.84 Å². The molecule has 0 unspecified atom stereocenters. The van der Waals surface area contributed by atoms with Crippen molar-refractivity contribution in [2.75, 3.05) is 5.32 Å². The minimum atomic E-state index is 0.825. The van der Waals surface area contributed by atoms with Gasteiger partial charge < -0.3 is 5.32 Å². The van der Waals surface area contributed by atoms with Gasteiger partial charge in [-0.15, -0.1) is 0 Å². The zero-order chi connectivity index (χ0) is 20.9. The van der Waals surface area contributed by atoms with Crippen LogP contribution in [0, 0.1) is 0 Å². The number of aryl methyl sites for hydroxylation is 1. The second-order valence-electron chi connectivity index (χ2n) is 7.99. The van der Waals surface area contributed by atoms with E-state index in [-0.39, 0.29) is 0 Å². The van der Waals surface area contributed by atoms with Crippen molar-refractivity contribution in [2.24, 2.45) is 4.99 Å². The maximum Gasteiger partial charge on any atom is 0.110 e. The van der Waals surface area contributed by atoms with Gasteiger partial charge in [0.1, 0.15) is 5.84 Å². The Morgan fingerprint density at radius 2 is 1.57 bits per heavy atom. The summed E-state index contributed by atoms with van der Waals surface area (Å²) in [7, 11) is 0. The predicted molar refractivity (Wildman–Crippen MR) is 130 cm³/mol. The fourth-order valence-electron chi connectivity index (χ4n) is 3.76. The first-order valence-electron chi connectivity index (χ1n) is 10.6. The average molecular weight is 393 g/mol. The van der Waals surface area contributed by atoms with E-state index in [0.717, 1.165) is 30.8 Å². The first kappa shape index (κ1) is 19.9. The number of allylic oxidation sites excluding steroid dienone is 1. The normalized spacial score (nSPS) is 13.0. The van der Waals surface area contributed by atoms with Crippen LogP contribution in [0.3, 0.4) is 0 Å². The first-order valence-corrected chi connectivity index (χ1v) is 10.6. The molecule has 0 aliphatic carbocycles. The van der Waals surface area contributed by atoms with Gasteiger partial charge in [0, 0.05) is 18.3 Å². The van der Waals surface area contributed by atoms with Gasteiger partial charge in [-0.2, -0.15) is 0 Å². The second-order valence-corrected chi connectivity index (χ2v) is 7.99. The molecular formula is C28H28N2. The average Bonchev–Trinajstić information content (AvgIpc) is 3.22. The molecule has 0 bridgehead atoms. The SMILES string of the molecule is C=C(C)Cc1ccc(-c2ccc(C3=CN=C(Nc4cccc(CC)c4)C3)cc2)cc1. The summed E-state index contributed by atoms with van der Waals surface area (Å²) in [6.07, 6.45) is 4.78. The van der Waals surface area contributed by atoms with Gasteiger partial charge in [0.05, 0.1) is 0 Å². The third-order valence-corrected chi connectivity index (χ3v) is 5.41. The topological polar surface area (TPSA) is 24.4 Å². The number of rotatable bonds is 6. The number of hydrogen-bond acceptors (Lipinski definition) is 2. The lowest BCUT2D eigenvalue weighted by Gasteiger charge is -2.09. The summed E-state index contributed by atoms with van der Waals surface area (Å²) in [5, 5.41) is 3.46. The van der Waals surface area contributed by atoms with E-state index in [9.17, 15) is 0 Å². The molecule has 0 aromatic heterocycles. The van der Waals surface area contributed by atoms with E-state index in [1.54, 1.807) is 0 Å². The highest BCUT2D eigenvalue weighted by molar-refractivity contribution is 6.05. The highest BCUT2D eigenvalue weighted by Crippen LogP contribution is 2.28. The van der Waals surface area contributed by atoms with Gasteiger partial charge >= 0.3 is 0 Å². The van der Waals surface area contributed by atoms with E-state index in [1.807, 2.05) is 6.20 Å². The summed E-state index contributed by atoms with van der Waals surface area (Å²) in [4.78, 5) is 4.59. The fourth-order valence-corrected chi connectivity index (χ4v) is 3.76. The molecule has 4 rings (SSSR count). The smallest absolute Gasteiger partial charge is 0.110 e. The van der Waals surface area contributed by atoms with Crippen molar-refractivity contribution in [3.63, 3.8) is 0 Å². The largest absolute Gasteiger partial charge is 0.343 e. The number of amidine groups is 1. The van der Waals surface area contributed by atoms with Crippen LogP contribution in [0.1, 0.15) is 37.0 Å². The molecule has 0 atom stereocenters. The molecule has 0 amide bonds. The quantitative estimate of drug-likeness (QED) is 0.438. The van der Waals surface area contributed by atoms with Crippen LogP contribution in [0.2, 0.25) is 0 Å². The minimum Gasteiger partial charge on any atom is -0.343 e. The number of nitrogens with zero attached hydrogens (tertiary/aromatic N) is 1. The Hall–Kier alpha value is -3.39. The van der Waals surface area contributed by atoms with Crippen molar-refractivity contribution in [2.45, 2.75) is 33.1 Å². The van der Waals surface area contributed by atoms with Crippen molar-refractivity contribution in [3.05, 3.63) is 108 Å². The van der Waals surface area contributed by atoms with Crippen LogP contribution < -0.4 is 5.32 Å². The lowest BCUT2D eigenvalue weighted by molar-refractivity contribution is 1.14. The highest BCUT2D eigenvalue weighted by atomic mass is 15.0. The first-order chi connectivity index (χ1) is 14.6. The van der Waals surface area contributed by atoms with E-state index in [1.165, 1.54) is 39.0 Å². The van der Waals surface area contributed by atoms with Crippen molar-refractivity contribution >= 4 is 17.1 Å². The number of anilines is 1. The Morgan fingerprint density at radius 3 is 2.23 bits per heavy atom. The summed E-state index contributed by atoms with van der Waals surface area (Å²) < 4.78 is 0. The standard InChI is InChI=1S/C28H28N2/c1-4-21-6-5-7-27(17-21)30-28-18-26(19-29-28)25-14-12-24(13-15-25)23-10-8-22(9-11-23)16-20(2)3/h5-15,17,19H,2,4,16,18H2,1,3H3,(H,29,30). The number of benzene rings is 3. The highest BCUT2D eigenvalue weighted by Gasteiger charge is 2.13. The number of nitrogens with one attached hydrogen (secondary N) is 1. The molecule has 3 aromatic carbocycles. The van der Waals surface area contributed by atoms with E-state index in [4.69, 9.17) is 0 Å². The molecule has 3 aromatic rings. The van der Waals surface area contributed by atoms with Gasteiger partial charge in [0.2, 0.25) is 0 Å². The predicted octanol–water partition coefficient (Wildman–Crippen LogP) is 7.29. The van der Waals surface area contributed by atoms with E-state index >= 15 is 0 Å². The summed E-state index contributed by atoms with van der Waals surface area (Å²) in [6.45, 7) is 8.24. The fraction of sp³-hybridized carbons (Fsp3) is 0.179. The molecular weight excluding hydrogens is 364 g/mol. The summed E-state index contributed by atoms with van der Waals surface area (Å²) in [5.41, 5.74) is 9.86. The van der Waals surface area contributed by atoms with Gasteiger partial charge in [0.15, 0.2) is 0 Å². The summed E-state index contributed by atoms with van der Waals surface area (Å²) in [6, 6.07) is 26.1. The van der Waals surface area contributed by atoms with Crippen LogP contribution in [0.15, 0.2) is 96.1 Å². The Morgan fingerprint density at radius 1 is 0.900 bits per heavy atom. The molecule has 1 heterocycles. The minimum absolute atomic E-state index is 0.825. The van der Waals surface area contributed by atoms with Crippen LogP contribution >= 0.6 is 0 Å². The zero-order valence-corrected chi connectivity index (χ0v) is 17.8. The van der Waals surface area contributed by atoms with Crippen LogP contribution in [0.4, 0.5) is 5.69 Å². The van der Waals surface area contributed by atoms with Crippen molar-refractivity contribution in [3.8, 4) is 11.1 Å². The Bertz CT molecular complexity index is 1100. The van der Waals surface area contributed by atoms with Crippen molar-refractivity contribution in [1.82, 2.24) is 0 Å². The second kappa shape index (κ2) is 8.96.